The van der Waals surface area contributed by atoms with Crippen molar-refractivity contribution in [3.8, 4) is 17.0 Å². The van der Waals surface area contributed by atoms with E-state index in [4.69, 9.17) is 4.74 Å². The fraction of sp³-hybridized carbons (Fsp3) is 0.0909. The molecule has 4 heteroatoms. The SMILES string of the molecule is COc1ccc2c(c1)cc(-c1ccccc1)n2Cc1cccc(C=O)n1. The highest BCUT2D eigenvalue weighted by atomic mass is 16.5. The normalized spacial score (nSPS) is 10.8. The van der Waals surface area contributed by atoms with Gasteiger partial charge in [-0.3, -0.25) is 4.79 Å². The molecule has 0 aliphatic heterocycles. The number of pyridine rings is 1. The zero-order chi connectivity index (χ0) is 17.9. The molecule has 0 saturated carbocycles. The lowest BCUT2D eigenvalue weighted by atomic mass is 10.1. The molecule has 0 bridgehead atoms. The van der Waals surface area contributed by atoms with Crippen LogP contribution in [-0.2, 0) is 6.54 Å². The van der Waals surface area contributed by atoms with Crippen molar-refractivity contribution < 1.29 is 9.53 Å². The zero-order valence-corrected chi connectivity index (χ0v) is 14.4. The Labute approximate surface area is 151 Å². The van der Waals surface area contributed by atoms with E-state index in [0.29, 0.717) is 12.2 Å². The summed E-state index contributed by atoms with van der Waals surface area (Å²) < 4.78 is 7.59. The van der Waals surface area contributed by atoms with Crippen LogP contribution in [0, 0.1) is 0 Å². The number of hydrogen-bond acceptors (Lipinski definition) is 3. The molecule has 0 radical (unpaired) electrons. The molecule has 128 valence electrons. The lowest BCUT2D eigenvalue weighted by Crippen LogP contribution is -2.04. The van der Waals surface area contributed by atoms with Crippen LogP contribution in [0.2, 0.25) is 0 Å². The number of methoxy groups -OCH3 is 1. The largest absolute Gasteiger partial charge is 0.497 e. The van der Waals surface area contributed by atoms with Crippen LogP contribution in [0.25, 0.3) is 22.2 Å². The number of ether oxygens (including phenoxy) is 1. The van der Waals surface area contributed by atoms with Gasteiger partial charge in [-0.1, -0.05) is 36.4 Å². The van der Waals surface area contributed by atoms with E-state index in [1.54, 1.807) is 13.2 Å². The highest BCUT2D eigenvalue weighted by Crippen LogP contribution is 2.31. The fourth-order valence-corrected chi connectivity index (χ4v) is 3.21. The predicted octanol–water partition coefficient (Wildman–Crippen LogP) is 4.57. The highest BCUT2D eigenvalue weighted by Gasteiger charge is 2.12. The van der Waals surface area contributed by atoms with Crippen molar-refractivity contribution in [3.63, 3.8) is 0 Å². The molecule has 2 heterocycles. The van der Waals surface area contributed by atoms with Gasteiger partial charge in [-0.25, -0.2) is 4.98 Å². The first-order valence-corrected chi connectivity index (χ1v) is 8.42. The molecule has 0 amide bonds. The van der Waals surface area contributed by atoms with Gasteiger partial charge in [0, 0.05) is 16.6 Å². The van der Waals surface area contributed by atoms with Gasteiger partial charge in [0.1, 0.15) is 11.4 Å². The van der Waals surface area contributed by atoms with Crippen LogP contribution in [0.5, 0.6) is 5.75 Å². The average molecular weight is 342 g/mol. The monoisotopic (exact) mass is 342 g/mol. The maximum atomic E-state index is 11.0. The van der Waals surface area contributed by atoms with E-state index < -0.39 is 0 Å². The van der Waals surface area contributed by atoms with Crippen molar-refractivity contribution in [2.24, 2.45) is 0 Å². The molecule has 0 atom stereocenters. The molecule has 0 unspecified atom stereocenters. The number of rotatable bonds is 5. The van der Waals surface area contributed by atoms with E-state index in [2.05, 4.69) is 33.8 Å². The molecule has 0 aliphatic rings. The van der Waals surface area contributed by atoms with Crippen LogP contribution in [0.1, 0.15) is 16.2 Å². The number of aromatic nitrogens is 2. The number of carbonyl (C=O) groups excluding carboxylic acids is 1. The summed E-state index contributed by atoms with van der Waals surface area (Å²) in [5, 5.41) is 1.11. The molecular weight excluding hydrogens is 324 g/mol. The van der Waals surface area contributed by atoms with Crippen LogP contribution in [0.4, 0.5) is 0 Å². The summed E-state index contributed by atoms with van der Waals surface area (Å²) in [7, 11) is 1.67. The lowest BCUT2D eigenvalue weighted by molar-refractivity contribution is 0.111. The third-order valence-corrected chi connectivity index (χ3v) is 4.45. The second-order valence-corrected chi connectivity index (χ2v) is 6.08. The topological polar surface area (TPSA) is 44.1 Å². The molecule has 4 nitrogen and oxygen atoms in total. The van der Waals surface area contributed by atoms with Gasteiger partial charge >= 0.3 is 0 Å². The summed E-state index contributed by atoms with van der Waals surface area (Å²) in [6, 6.07) is 24.0. The van der Waals surface area contributed by atoms with E-state index in [-0.39, 0.29) is 0 Å². The first kappa shape index (κ1) is 16.1. The van der Waals surface area contributed by atoms with E-state index in [1.165, 1.54) is 0 Å². The Morgan fingerprint density at radius 2 is 1.85 bits per heavy atom. The molecule has 0 spiro atoms. The number of aldehydes is 1. The van der Waals surface area contributed by atoms with Gasteiger partial charge in [-0.2, -0.15) is 0 Å². The zero-order valence-electron chi connectivity index (χ0n) is 14.4. The molecule has 4 rings (SSSR count). The molecule has 0 saturated heterocycles. The molecule has 0 fully saturated rings. The summed E-state index contributed by atoms with van der Waals surface area (Å²) in [5.74, 6) is 0.829. The van der Waals surface area contributed by atoms with Gasteiger partial charge in [-0.05, 0) is 42.0 Å². The van der Waals surface area contributed by atoms with Gasteiger partial charge in [0.15, 0.2) is 6.29 Å². The first-order chi connectivity index (χ1) is 12.8. The second kappa shape index (κ2) is 6.84. The van der Waals surface area contributed by atoms with Gasteiger partial charge < -0.3 is 9.30 Å². The molecule has 4 aromatic rings. The minimum atomic E-state index is 0.446. The summed E-state index contributed by atoms with van der Waals surface area (Å²) in [4.78, 5) is 15.5. The maximum Gasteiger partial charge on any atom is 0.168 e. The number of fused-ring (bicyclic) bond motifs is 1. The van der Waals surface area contributed by atoms with Crippen LogP contribution in [-0.4, -0.2) is 22.9 Å². The Hall–Kier alpha value is -3.40. The molecule has 2 aromatic heterocycles. The minimum absolute atomic E-state index is 0.446. The van der Waals surface area contributed by atoms with Gasteiger partial charge in [-0.15, -0.1) is 0 Å². The number of benzene rings is 2. The van der Waals surface area contributed by atoms with Crippen LogP contribution in [0.15, 0.2) is 72.8 Å². The summed E-state index contributed by atoms with van der Waals surface area (Å²) >= 11 is 0. The Balaban J connectivity index is 1.88. The van der Waals surface area contributed by atoms with Crippen molar-refractivity contribution in [1.82, 2.24) is 9.55 Å². The Morgan fingerprint density at radius 1 is 1.00 bits per heavy atom. The predicted molar refractivity (Wildman–Crippen MR) is 103 cm³/mol. The fourth-order valence-electron chi connectivity index (χ4n) is 3.21. The second-order valence-electron chi connectivity index (χ2n) is 6.08. The highest BCUT2D eigenvalue weighted by molar-refractivity contribution is 5.88. The average Bonchev–Trinajstić information content (AvgIpc) is 3.06. The third kappa shape index (κ3) is 2.97. The van der Waals surface area contributed by atoms with Gasteiger partial charge in [0.05, 0.1) is 19.3 Å². The summed E-state index contributed by atoms with van der Waals surface area (Å²) in [6.07, 6.45) is 0.778. The van der Waals surface area contributed by atoms with Gasteiger partial charge in [0.25, 0.3) is 0 Å². The number of hydrogen-bond donors (Lipinski definition) is 0. The quantitative estimate of drug-likeness (QED) is 0.499. The van der Waals surface area contributed by atoms with Crippen molar-refractivity contribution in [2.45, 2.75) is 6.54 Å². The van der Waals surface area contributed by atoms with E-state index >= 15 is 0 Å². The van der Waals surface area contributed by atoms with Crippen LogP contribution in [0.3, 0.4) is 0 Å². The Bertz CT molecular complexity index is 1070. The van der Waals surface area contributed by atoms with E-state index in [9.17, 15) is 4.79 Å². The van der Waals surface area contributed by atoms with Crippen molar-refractivity contribution in [1.29, 1.82) is 0 Å². The van der Waals surface area contributed by atoms with E-state index in [1.807, 2.05) is 42.5 Å². The smallest absolute Gasteiger partial charge is 0.168 e. The lowest BCUT2D eigenvalue weighted by Gasteiger charge is -2.11. The van der Waals surface area contributed by atoms with Gasteiger partial charge in [0.2, 0.25) is 0 Å². The minimum Gasteiger partial charge on any atom is -0.497 e. The number of nitrogens with zero attached hydrogens (tertiary/aromatic N) is 2. The molecular formula is C22H18N2O2. The summed E-state index contributed by atoms with van der Waals surface area (Å²) in [5.41, 5.74) is 4.63. The molecule has 0 N–H and O–H groups in total. The number of carbonyl (C=O) groups is 1. The standard InChI is InChI=1S/C22H18N2O2/c1-26-20-10-11-21-17(12-20)13-22(16-6-3-2-4-7-16)24(21)14-18-8-5-9-19(15-25)23-18/h2-13,15H,14H2,1H3. The molecule has 2 aromatic carbocycles. The van der Waals surface area contributed by atoms with E-state index in [0.717, 1.165) is 39.9 Å². The molecule has 26 heavy (non-hydrogen) atoms. The van der Waals surface area contributed by atoms with Crippen LogP contribution >= 0.6 is 0 Å². The summed E-state index contributed by atoms with van der Waals surface area (Å²) in [6.45, 7) is 0.585. The first-order valence-electron chi connectivity index (χ1n) is 8.42. The van der Waals surface area contributed by atoms with Crippen LogP contribution < -0.4 is 4.74 Å². The molecule has 0 aliphatic carbocycles. The Morgan fingerprint density at radius 3 is 2.62 bits per heavy atom. The Kier molecular flexibility index (Phi) is 4.23. The maximum absolute atomic E-state index is 11.0. The van der Waals surface area contributed by atoms with Crippen molar-refractivity contribution in [3.05, 3.63) is 84.2 Å². The van der Waals surface area contributed by atoms with Crippen molar-refractivity contribution >= 4 is 17.2 Å². The van der Waals surface area contributed by atoms with Crippen molar-refractivity contribution in [2.75, 3.05) is 7.11 Å². The third-order valence-electron chi connectivity index (χ3n) is 4.45.